The zero-order valence-corrected chi connectivity index (χ0v) is 20.4. The van der Waals surface area contributed by atoms with Crippen LogP contribution in [0, 0.1) is 10.8 Å². The Balaban J connectivity index is 1.54. The summed E-state index contributed by atoms with van der Waals surface area (Å²) in [4.78, 5) is 36.4. The van der Waals surface area contributed by atoms with Crippen LogP contribution in [0.4, 0.5) is 0 Å². The molecule has 0 aromatic heterocycles. The molecule has 0 spiro atoms. The molecule has 0 aliphatic heterocycles. The van der Waals surface area contributed by atoms with Gasteiger partial charge >= 0.3 is 11.9 Å². The van der Waals surface area contributed by atoms with E-state index >= 15 is 0 Å². The van der Waals surface area contributed by atoms with Crippen molar-refractivity contribution in [3.05, 3.63) is 0 Å². The average molecular weight is 451 g/mol. The van der Waals surface area contributed by atoms with Gasteiger partial charge in [-0.15, -0.1) is 0 Å². The summed E-state index contributed by atoms with van der Waals surface area (Å²) in [6.07, 6.45) is 18.4. The molecule has 0 radical (unpaired) electrons. The van der Waals surface area contributed by atoms with Crippen LogP contribution in [0.5, 0.6) is 0 Å². The monoisotopic (exact) mass is 450 g/mol. The zero-order chi connectivity index (χ0) is 23.3. The number of carbonyl (C=O) groups excluding carboxylic acids is 2. The van der Waals surface area contributed by atoms with Gasteiger partial charge in [0.2, 0.25) is 0 Å². The van der Waals surface area contributed by atoms with Crippen molar-refractivity contribution in [2.45, 2.75) is 135 Å². The Morgan fingerprint density at radius 3 is 1.72 bits per heavy atom. The molecule has 0 saturated heterocycles. The van der Waals surface area contributed by atoms with Crippen molar-refractivity contribution in [2.75, 3.05) is 6.61 Å². The molecule has 2 rings (SSSR count). The molecule has 2 aliphatic carbocycles. The Bertz CT molecular complexity index is 585. The predicted octanol–water partition coefficient (Wildman–Crippen LogP) is 7.01. The Labute approximate surface area is 195 Å². The van der Waals surface area contributed by atoms with Gasteiger partial charge in [-0.25, -0.2) is 0 Å². The largest absolute Gasteiger partial charge is 0.481 e. The van der Waals surface area contributed by atoms with Gasteiger partial charge in [0.15, 0.2) is 0 Å². The first kappa shape index (κ1) is 26.9. The van der Waals surface area contributed by atoms with Crippen molar-refractivity contribution in [1.29, 1.82) is 0 Å². The minimum absolute atomic E-state index is 0.0156. The van der Waals surface area contributed by atoms with E-state index in [2.05, 4.69) is 6.92 Å². The number of unbranched alkanes of at least 4 members (excludes halogenated alkanes) is 5. The number of carboxylic acids is 1. The quantitative estimate of drug-likeness (QED) is 0.190. The molecule has 184 valence electrons. The van der Waals surface area contributed by atoms with Crippen LogP contribution in [-0.2, 0) is 19.1 Å². The first-order valence-electron chi connectivity index (χ1n) is 13.4. The minimum Gasteiger partial charge on any atom is -0.481 e. The van der Waals surface area contributed by atoms with Crippen LogP contribution >= 0.6 is 0 Å². The Hall–Kier alpha value is -1.39. The van der Waals surface area contributed by atoms with Gasteiger partial charge in [-0.2, -0.15) is 0 Å². The molecular weight excluding hydrogens is 404 g/mol. The molecular formula is C27H46O5. The van der Waals surface area contributed by atoms with Crippen LogP contribution in [-0.4, -0.2) is 29.4 Å². The summed E-state index contributed by atoms with van der Waals surface area (Å²) in [5, 5.41) is 9.53. The number of carboxylic acid groups (broad SMARTS) is 1. The summed E-state index contributed by atoms with van der Waals surface area (Å²) in [6.45, 7) is 2.65. The standard InChI is InChI=1S/C27H46O5/c1-2-3-22-32-25(31)27(20-12-13-21-27)19-9-5-7-15-23(28)14-6-4-8-16-26(24(29)30)17-10-11-18-26/h2-22H2,1H3,(H,29,30). The van der Waals surface area contributed by atoms with Crippen LogP contribution in [0.3, 0.4) is 0 Å². The van der Waals surface area contributed by atoms with E-state index < -0.39 is 11.4 Å². The lowest BCUT2D eigenvalue weighted by Crippen LogP contribution is -2.30. The van der Waals surface area contributed by atoms with Crippen molar-refractivity contribution >= 4 is 17.7 Å². The van der Waals surface area contributed by atoms with Gasteiger partial charge in [-0.1, -0.05) is 64.7 Å². The lowest BCUT2D eigenvalue weighted by atomic mass is 9.80. The molecule has 1 N–H and O–H groups in total. The topological polar surface area (TPSA) is 80.7 Å². The predicted molar refractivity (Wildman–Crippen MR) is 126 cm³/mol. The van der Waals surface area contributed by atoms with E-state index in [-0.39, 0.29) is 11.4 Å². The lowest BCUT2D eigenvalue weighted by Gasteiger charge is -2.26. The Kier molecular flexibility index (Phi) is 11.7. The minimum atomic E-state index is -0.625. The summed E-state index contributed by atoms with van der Waals surface area (Å²) >= 11 is 0. The normalized spacial score (nSPS) is 19.2. The summed E-state index contributed by atoms with van der Waals surface area (Å²) in [7, 11) is 0. The highest BCUT2D eigenvalue weighted by Crippen LogP contribution is 2.44. The second-order valence-corrected chi connectivity index (χ2v) is 10.4. The van der Waals surface area contributed by atoms with Gasteiger partial charge in [-0.05, 0) is 57.8 Å². The molecule has 2 fully saturated rings. The number of hydrogen-bond acceptors (Lipinski definition) is 4. The molecule has 0 amide bonds. The molecule has 5 nitrogen and oxygen atoms in total. The van der Waals surface area contributed by atoms with Crippen molar-refractivity contribution in [3.63, 3.8) is 0 Å². The molecule has 2 saturated carbocycles. The van der Waals surface area contributed by atoms with E-state index in [1.807, 2.05) is 0 Å². The summed E-state index contributed by atoms with van der Waals surface area (Å²) in [5.74, 6) is -0.283. The van der Waals surface area contributed by atoms with Gasteiger partial charge in [-0.3, -0.25) is 14.4 Å². The molecule has 32 heavy (non-hydrogen) atoms. The van der Waals surface area contributed by atoms with Gasteiger partial charge in [0.05, 0.1) is 17.4 Å². The van der Waals surface area contributed by atoms with E-state index in [1.54, 1.807) is 0 Å². The fourth-order valence-corrected chi connectivity index (χ4v) is 5.74. The summed E-state index contributed by atoms with van der Waals surface area (Å²) in [5.41, 5.74) is -0.743. The first-order valence-corrected chi connectivity index (χ1v) is 13.4. The molecule has 0 bridgehead atoms. The maximum atomic E-state index is 12.6. The maximum Gasteiger partial charge on any atom is 0.312 e. The van der Waals surface area contributed by atoms with E-state index in [1.165, 1.54) is 0 Å². The van der Waals surface area contributed by atoms with Gasteiger partial charge < -0.3 is 9.84 Å². The van der Waals surface area contributed by atoms with Crippen molar-refractivity contribution in [3.8, 4) is 0 Å². The van der Waals surface area contributed by atoms with Crippen LogP contribution in [0.15, 0.2) is 0 Å². The van der Waals surface area contributed by atoms with Crippen molar-refractivity contribution < 1.29 is 24.2 Å². The van der Waals surface area contributed by atoms with Gasteiger partial charge in [0.1, 0.15) is 5.78 Å². The SMILES string of the molecule is CCCCOC(=O)C1(CCCCCC(=O)CCCCCC2(C(=O)O)CCCC2)CCCC1. The third-order valence-electron chi connectivity index (χ3n) is 7.96. The number of Topliss-reactive ketones (excluding diaryl/α,β-unsaturated/α-hetero) is 1. The van der Waals surface area contributed by atoms with E-state index in [4.69, 9.17) is 4.74 Å². The molecule has 0 heterocycles. The lowest BCUT2D eigenvalue weighted by molar-refractivity contribution is -0.156. The van der Waals surface area contributed by atoms with Crippen molar-refractivity contribution in [1.82, 2.24) is 0 Å². The fourth-order valence-electron chi connectivity index (χ4n) is 5.74. The Morgan fingerprint density at radius 1 is 0.719 bits per heavy atom. The fraction of sp³-hybridized carbons (Fsp3) is 0.889. The highest BCUT2D eigenvalue weighted by molar-refractivity contribution is 5.78. The number of ketones is 1. The average Bonchev–Trinajstić information content (AvgIpc) is 3.44. The van der Waals surface area contributed by atoms with Crippen molar-refractivity contribution in [2.24, 2.45) is 10.8 Å². The van der Waals surface area contributed by atoms with Crippen LogP contribution < -0.4 is 0 Å². The maximum absolute atomic E-state index is 12.6. The highest BCUT2D eigenvalue weighted by Gasteiger charge is 2.42. The Morgan fingerprint density at radius 2 is 1.22 bits per heavy atom. The van der Waals surface area contributed by atoms with Crippen LogP contribution in [0.2, 0.25) is 0 Å². The highest BCUT2D eigenvalue weighted by atomic mass is 16.5. The first-order chi connectivity index (χ1) is 15.4. The number of hydrogen-bond donors (Lipinski definition) is 1. The summed E-state index contributed by atoms with van der Waals surface area (Å²) < 4.78 is 5.56. The van der Waals surface area contributed by atoms with E-state index in [0.29, 0.717) is 25.2 Å². The second-order valence-electron chi connectivity index (χ2n) is 10.4. The number of aliphatic carboxylic acids is 1. The number of rotatable bonds is 17. The molecule has 0 atom stereocenters. The van der Waals surface area contributed by atoms with E-state index in [9.17, 15) is 19.5 Å². The summed E-state index contributed by atoms with van der Waals surface area (Å²) in [6, 6.07) is 0. The molecule has 2 aliphatic rings. The molecule has 5 heteroatoms. The van der Waals surface area contributed by atoms with E-state index in [0.717, 1.165) is 116 Å². The van der Waals surface area contributed by atoms with Crippen LogP contribution in [0.25, 0.3) is 0 Å². The number of esters is 1. The number of ether oxygens (including phenoxy) is 1. The molecule has 0 unspecified atom stereocenters. The zero-order valence-electron chi connectivity index (χ0n) is 20.4. The van der Waals surface area contributed by atoms with Gasteiger partial charge in [0.25, 0.3) is 0 Å². The third-order valence-corrected chi connectivity index (χ3v) is 7.96. The molecule has 0 aromatic rings. The molecule has 0 aromatic carbocycles. The number of carbonyl (C=O) groups is 3. The second kappa shape index (κ2) is 14.0. The third kappa shape index (κ3) is 8.19. The smallest absolute Gasteiger partial charge is 0.312 e. The van der Waals surface area contributed by atoms with Gasteiger partial charge in [0, 0.05) is 12.8 Å². The van der Waals surface area contributed by atoms with Crippen LogP contribution in [0.1, 0.15) is 135 Å².